The van der Waals surface area contributed by atoms with Crippen LogP contribution in [0.2, 0.25) is 0 Å². The zero-order chi connectivity index (χ0) is 7.84. The molecule has 2 atom stereocenters. The van der Waals surface area contributed by atoms with E-state index in [4.69, 9.17) is 0 Å². The Morgan fingerprint density at radius 1 is 1.27 bits per heavy atom. The van der Waals surface area contributed by atoms with Gasteiger partial charge in [0.2, 0.25) is 0 Å². The van der Waals surface area contributed by atoms with Crippen molar-refractivity contribution in [2.75, 3.05) is 6.54 Å². The molecule has 11 heavy (non-hydrogen) atoms. The van der Waals surface area contributed by atoms with Crippen LogP contribution in [0.25, 0.3) is 0 Å². The zero-order valence-corrected chi connectivity index (χ0v) is 7.16. The molecule has 1 aliphatic carbocycles. The molecule has 1 N–H and O–H groups in total. The van der Waals surface area contributed by atoms with Gasteiger partial charge in [0.05, 0.1) is 6.10 Å². The van der Waals surface area contributed by atoms with Crippen molar-refractivity contribution in [3.63, 3.8) is 0 Å². The molecule has 0 aromatic rings. The van der Waals surface area contributed by atoms with Gasteiger partial charge in [-0.2, -0.15) is 0 Å². The maximum Gasteiger partial charge on any atom is 0.0567 e. The number of aliphatic hydroxyl groups excluding tert-OH is 1. The van der Waals surface area contributed by atoms with Crippen molar-refractivity contribution < 1.29 is 5.11 Å². The van der Waals surface area contributed by atoms with E-state index in [1.807, 2.05) is 0 Å². The van der Waals surface area contributed by atoms with Gasteiger partial charge in [0.25, 0.3) is 0 Å². The van der Waals surface area contributed by atoms with Crippen LogP contribution in [0.1, 0.15) is 32.6 Å². The Labute approximate surface area is 68.2 Å². The second-order valence-electron chi connectivity index (χ2n) is 4.00. The molecule has 0 aromatic carbocycles. The van der Waals surface area contributed by atoms with E-state index >= 15 is 0 Å². The summed E-state index contributed by atoms with van der Waals surface area (Å²) in [6.07, 6.45) is 4.72. The van der Waals surface area contributed by atoms with E-state index in [2.05, 4.69) is 11.8 Å². The van der Waals surface area contributed by atoms with Crippen molar-refractivity contribution in [2.45, 2.75) is 50.8 Å². The van der Waals surface area contributed by atoms with Gasteiger partial charge < -0.3 is 5.11 Å². The molecule has 0 bridgehead atoms. The average molecular weight is 155 g/mol. The summed E-state index contributed by atoms with van der Waals surface area (Å²) >= 11 is 0. The van der Waals surface area contributed by atoms with Crippen LogP contribution in [0.5, 0.6) is 0 Å². The highest BCUT2D eigenvalue weighted by Crippen LogP contribution is 2.32. The normalized spacial score (nSPS) is 40.9. The predicted molar refractivity (Wildman–Crippen MR) is 44.4 cm³/mol. The summed E-state index contributed by atoms with van der Waals surface area (Å²) in [5.41, 5.74) is 0. The minimum Gasteiger partial charge on any atom is -0.393 e. The maximum absolute atomic E-state index is 9.37. The highest BCUT2D eigenvalue weighted by atomic mass is 16.3. The van der Waals surface area contributed by atoms with Crippen LogP contribution in [-0.4, -0.2) is 34.7 Å². The Balaban J connectivity index is 1.90. The lowest BCUT2D eigenvalue weighted by Crippen LogP contribution is -2.43. The molecule has 2 rings (SSSR count). The first-order valence-electron chi connectivity index (χ1n) is 4.71. The van der Waals surface area contributed by atoms with Gasteiger partial charge in [-0.25, -0.2) is 0 Å². The molecule has 2 nitrogen and oxygen atoms in total. The van der Waals surface area contributed by atoms with Crippen LogP contribution in [0.3, 0.4) is 0 Å². The lowest BCUT2D eigenvalue weighted by molar-refractivity contribution is 0.0440. The number of hydrogen-bond donors (Lipinski definition) is 1. The topological polar surface area (TPSA) is 23.5 Å². The number of piperidine rings is 1. The molecule has 2 aliphatic rings. The third-order valence-corrected chi connectivity index (χ3v) is 2.92. The van der Waals surface area contributed by atoms with Crippen molar-refractivity contribution >= 4 is 0 Å². The van der Waals surface area contributed by atoms with Crippen molar-refractivity contribution in [3.8, 4) is 0 Å². The molecule has 0 amide bonds. The Bertz CT molecular complexity index is 144. The second-order valence-corrected chi connectivity index (χ2v) is 4.00. The molecule has 2 heteroatoms. The molecule has 2 fully saturated rings. The third kappa shape index (κ3) is 1.57. The van der Waals surface area contributed by atoms with Crippen LogP contribution in [-0.2, 0) is 0 Å². The molecular weight excluding hydrogens is 138 g/mol. The van der Waals surface area contributed by atoms with E-state index in [-0.39, 0.29) is 6.10 Å². The second kappa shape index (κ2) is 2.76. The van der Waals surface area contributed by atoms with E-state index < -0.39 is 0 Å². The quantitative estimate of drug-likeness (QED) is 0.610. The summed E-state index contributed by atoms with van der Waals surface area (Å²) in [5.74, 6) is 0. The average Bonchev–Trinajstić information content (AvgIpc) is 2.70. The van der Waals surface area contributed by atoms with Gasteiger partial charge in [-0.3, -0.25) is 4.90 Å². The summed E-state index contributed by atoms with van der Waals surface area (Å²) in [6, 6.07) is 1.49. The van der Waals surface area contributed by atoms with E-state index in [0.717, 1.165) is 25.4 Å². The van der Waals surface area contributed by atoms with Crippen LogP contribution in [0.15, 0.2) is 0 Å². The van der Waals surface area contributed by atoms with Gasteiger partial charge in [-0.05, 0) is 32.6 Å². The first-order valence-corrected chi connectivity index (χ1v) is 4.71. The number of likely N-dealkylation sites (tertiary alicyclic amines) is 1. The summed E-state index contributed by atoms with van der Waals surface area (Å²) < 4.78 is 0. The lowest BCUT2D eigenvalue weighted by Gasteiger charge is -2.35. The summed E-state index contributed by atoms with van der Waals surface area (Å²) in [7, 11) is 0. The Morgan fingerprint density at radius 3 is 2.55 bits per heavy atom. The van der Waals surface area contributed by atoms with Crippen LogP contribution >= 0.6 is 0 Å². The maximum atomic E-state index is 9.37. The van der Waals surface area contributed by atoms with E-state index in [0.29, 0.717) is 6.04 Å². The van der Waals surface area contributed by atoms with Crippen LogP contribution in [0.4, 0.5) is 0 Å². The van der Waals surface area contributed by atoms with Gasteiger partial charge in [0.1, 0.15) is 0 Å². The van der Waals surface area contributed by atoms with Gasteiger partial charge >= 0.3 is 0 Å². The van der Waals surface area contributed by atoms with Gasteiger partial charge in [0, 0.05) is 18.6 Å². The first-order chi connectivity index (χ1) is 5.27. The van der Waals surface area contributed by atoms with Crippen molar-refractivity contribution in [2.24, 2.45) is 0 Å². The molecule has 1 heterocycles. The molecular formula is C9H17NO. The Kier molecular flexibility index (Phi) is 1.90. The third-order valence-electron chi connectivity index (χ3n) is 2.92. The van der Waals surface area contributed by atoms with E-state index in [1.54, 1.807) is 0 Å². The van der Waals surface area contributed by atoms with Gasteiger partial charge in [-0.1, -0.05) is 0 Å². The summed E-state index contributed by atoms with van der Waals surface area (Å²) in [4.78, 5) is 2.56. The minimum atomic E-state index is -0.0278. The monoisotopic (exact) mass is 155 g/mol. The molecule has 64 valence electrons. The number of hydrogen-bond acceptors (Lipinski definition) is 2. The van der Waals surface area contributed by atoms with Crippen molar-refractivity contribution in [1.82, 2.24) is 4.90 Å². The molecule has 0 radical (unpaired) electrons. The minimum absolute atomic E-state index is 0.0278. The fourth-order valence-electron chi connectivity index (χ4n) is 2.11. The zero-order valence-electron chi connectivity index (χ0n) is 7.16. The standard InChI is InChI=1S/C9H17NO/c1-7-6-9(11)4-5-10(7)8-2-3-8/h7-9,11H,2-6H2,1H3. The Morgan fingerprint density at radius 2 is 2.00 bits per heavy atom. The molecule has 1 aliphatic heterocycles. The van der Waals surface area contributed by atoms with Crippen molar-refractivity contribution in [1.29, 1.82) is 0 Å². The van der Waals surface area contributed by atoms with E-state index in [9.17, 15) is 5.11 Å². The SMILES string of the molecule is CC1CC(O)CCN1C1CC1. The highest BCUT2D eigenvalue weighted by molar-refractivity contribution is 4.90. The van der Waals surface area contributed by atoms with E-state index in [1.165, 1.54) is 12.8 Å². The van der Waals surface area contributed by atoms with Gasteiger partial charge in [0.15, 0.2) is 0 Å². The number of nitrogens with zero attached hydrogens (tertiary/aromatic N) is 1. The smallest absolute Gasteiger partial charge is 0.0567 e. The molecule has 1 saturated heterocycles. The highest BCUT2D eigenvalue weighted by Gasteiger charge is 2.35. The lowest BCUT2D eigenvalue weighted by atomic mass is 10.0. The predicted octanol–water partition coefficient (Wildman–Crippen LogP) is 0.994. The fourth-order valence-corrected chi connectivity index (χ4v) is 2.11. The summed E-state index contributed by atoms with van der Waals surface area (Å²) in [6.45, 7) is 3.35. The largest absolute Gasteiger partial charge is 0.393 e. The number of rotatable bonds is 1. The van der Waals surface area contributed by atoms with Crippen LogP contribution in [0, 0.1) is 0 Å². The fraction of sp³-hybridized carbons (Fsp3) is 1.00. The van der Waals surface area contributed by atoms with Crippen molar-refractivity contribution in [3.05, 3.63) is 0 Å². The van der Waals surface area contributed by atoms with Crippen LogP contribution < -0.4 is 0 Å². The number of aliphatic hydroxyl groups is 1. The summed E-state index contributed by atoms with van der Waals surface area (Å²) in [5, 5.41) is 9.37. The first kappa shape index (κ1) is 7.56. The Hall–Kier alpha value is -0.0800. The molecule has 2 unspecified atom stereocenters. The molecule has 0 spiro atoms. The van der Waals surface area contributed by atoms with Gasteiger partial charge in [-0.15, -0.1) is 0 Å². The molecule has 0 aromatic heterocycles. The molecule has 1 saturated carbocycles.